The first-order valence-electron chi connectivity index (χ1n) is 11.1. The molecule has 2 rings (SSSR count). The van der Waals surface area contributed by atoms with Gasteiger partial charge in [-0.25, -0.2) is 0 Å². The van der Waals surface area contributed by atoms with E-state index in [9.17, 15) is 4.79 Å². The van der Waals surface area contributed by atoms with Crippen LogP contribution in [0.5, 0.6) is 5.75 Å². The SMILES string of the molecule is CN=C(NCCCCCCC(=O)OC)NCC(c1cccc(OC)c1)N1CCCC1. The molecule has 0 radical (unpaired) electrons. The molecule has 0 aromatic heterocycles. The lowest BCUT2D eigenvalue weighted by Crippen LogP contribution is -2.43. The molecule has 1 aliphatic heterocycles. The van der Waals surface area contributed by atoms with Crippen LogP contribution >= 0.6 is 0 Å². The number of hydrogen-bond donors (Lipinski definition) is 2. The molecule has 1 aliphatic rings. The average Bonchev–Trinajstić information content (AvgIpc) is 3.31. The topological polar surface area (TPSA) is 75.2 Å². The summed E-state index contributed by atoms with van der Waals surface area (Å²) in [5, 5.41) is 6.91. The Kier molecular flexibility index (Phi) is 11.1. The highest BCUT2D eigenvalue weighted by Crippen LogP contribution is 2.27. The number of nitrogens with one attached hydrogen (secondary N) is 2. The van der Waals surface area contributed by atoms with Gasteiger partial charge in [-0.15, -0.1) is 0 Å². The third kappa shape index (κ3) is 8.22. The van der Waals surface area contributed by atoms with E-state index in [1.165, 1.54) is 25.5 Å². The summed E-state index contributed by atoms with van der Waals surface area (Å²) in [5.41, 5.74) is 1.27. The molecule has 1 fully saturated rings. The number of benzene rings is 1. The van der Waals surface area contributed by atoms with Crippen molar-refractivity contribution in [3.05, 3.63) is 29.8 Å². The van der Waals surface area contributed by atoms with E-state index in [1.54, 1.807) is 7.11 Å². The summed E-state index contributed by atoms with van der Waals surface area (Å²) in [5.74, 6) is 1.60. The predicted molar refractivity (Wildman–Crippen MR) is 121 cm³/mol. The van der Waals surface area contributed by atoms with Gasteiger partial charge >= 0.3 is 5.97 Å². The number of hydrogen-bond acceptors (Lipinski definition) is 5. The Balaban J connectivity index is 1.78. The van der Waals surface area contributed by atoms with Gasteiger partial charge in [-0.2, -0.15) is 0 Å². The van der Waals surface area contributed by atoms with Crippen molar-refractivity contribution >= 4 is 11.9 Å². The molecule has 0 saturated carbocycles. The van der Waals surface area contributed by atoms with Crippen molar-refractivity contribution in [3.8, 4) is 5.75 Å². The zero-order chi connectivity index (χ0) is 21.6. The maximum Gasteiger partial charge on any atom is 0.305 e. The fourth-order valence-electron chi connectivity index (χ4n) is 3.83. The second-order valence-electron chi connectivity index (χ2n) is 7.66. The van der Waals surface area contributed by atoms with Gasteiger partial charge in [0.25, 0.3) is 0 Å². The smallest absolute Gasteiger partial charge is 0.305 e. The number of unbranched alkanes of at least 4 members (excludes halogenated alkanes) is 3. The van der Waals surface area contributed by atoms with Gasteiger partial charge in [-0.1, -0.05) is 25.0 Å². The highest BCUT2D eigenvalue weighted by atomic mass is 16.5. The van der Waals surface area contributed by atoms with E-state index in [0.29, 0.717) is 12.5 Å². The molecule has 1 aromatic carbocycles. The van der Waals surface area contributed by atoms with Gasteiger partial charge in [-0.3, -0.25) is 14.7 Å². The Morgan fingerprint density at radius 2 is 1.90 bits per heavy atom. The summed E-state index contributed by atoms with van der Waals surface area (Å²) < 4.78 is 10.1. The number of carbonyl (C=O) groups is 1. The number of guanidine groups is 1. The zero-order valence-corrected chi connectivity index (χ0v) is 18.8. The van der Waals surface area contributed by atoms with Crippen LogP contribution in [0.3, 0.4) is 0 Å². The van der Waals surface area contributed by atoms with E-state index in [1.807, 2.05) is 13.1 Å². The van der Waals surface area contributed by atoms with Crippen molar-refractivity contribution in [2.45, 2.75) is 51.0 Å². The first-order valence-corrected chi connectivity index (χ1v) is 11.1. The second-order valence-corrected chi connectivity index (χ2v) is 7.66. The summed E-state index contributed by atoms with van der Waals surface area (Å²) in [6, 6.07) is 8.65. The molecule has 1 heterocycles. The van der Waals surface area contributed by atoms with Crippen LogP contribution in [0, 0.1) is 0 Å². The van der Waals surface area contributed by atoms with Crippen LogP contribution in [0.2, 0.25) is 0 Å². The molecule has 0 bridgehead atoms. The first-order chi connectivity index (χ1) is 14.7. The van der Waals surface area contributed by atoms with Crippen molar-refractivity contribution in [2.24, 2.45) is 4.99 Å². The van der Waals surface area contributed by atoms with Gasteiger partial charge in [0.1, 0.15) is 5.75 Å². The minimum Gasteiger partial charge on any atom is -0.497 e. The predicted octanol–water partition coefficient (Wildman–Crippen LogP) is 3.12. The van der Waals surface area contributed by atoms with Crippen molar-refractivity contribution in [1.29, 1.82) is 0 Å². The van der Waals surface area contributed by atoms with E-state index in [0.717, 1.165) is 63.6 Å². The summed E-state index contributed by atoms with van der Waals surface area (Å²) in [6.45, 7) is 3.92. The van der Waals surface area contributed by atoms with E-state index in [2.05, 4.69) is 43.5 Å². The lowest BCUT2D eigenvalue weighted by molar-refractivity contribution is -0.140. The highest BCUT2D eigenvalue weighted by Gasteiger charge is 2.24. The quantitative estimate of drug-likeness (QED) is 0.235. The van der Waals surface area contributed by atoms with Gasteiger partial charge in [0.2, 0.25) is 0 Å². The number of likely N-dealkylation sites (tertiary alicyclic amines) is 1. The summed E-state index contributed by atoms with van der Waals surface area (Å²) in [4.78, 5) is 18.0. The van der Waals surface area contributed by atoms with E-state index in [4.69, 9.17) is 4.74 Å². The van der Waals surface area contributed by atoms with Crippen LogP contribution in [-0.4, -0.2) is 64.3 Å². The van der Waals surface area contributed by atoms with Crippen molar-refractivity contribution in [1.82, 2.24) is 15.5 Å². The first kappa shape index (κ1) is 24.0. The molecule has 0 amide bonds. The Bertz CT molecular complexity index is 660. The van der Waals surface area contributed by atoms with Crippen LogP contribution in [-0.2, 0) is 9.53 Å². The van der Waals surface area contributed by atoms with Crippen LogP contribution in [0.25, 0.3) is 0 Å². The molecule has 1 aromatic rings. The maximum atomic E-state index is 11.1. The fraction of sp³-hybridized carbons (Fsp3) is 0.652. The summed E-state index contributed by atoms with van der Waals surface area (Å²) >= 11 is 0. The van der Waals surface area contributed by atoms with Gasteiger partial charge in [-0.05, 0) is 56.5 Å². The van der Waals surface area contributed by atoms with Gasteiger partial charge in [0.05, 0.1) is 20.3 Å². The van der Waals surface area contributed by atoms with E-state index in [-0.39, 0.29) is 5.97 Å². The Morgan fingerprint density at radius 3 is 2.60 bits per heavy atom. The molecule has 7 heteroatoms. The number of esters is 1. The Labute approximate surface area is 181 Å². The normalized spacial score (nSPS) is 15.6. The van der Waals surface area contributed by atoms with Crippen LogP contribution in [0.4, 0.5) is 0 Å². The molecule has 7 nitrogen and oxygen atoms in total. The molecule has 0 aliphatic carbocycles. The van der Waals surface area contributed by atoms with Crippen molar-refractivity contribution < 1.29 is 14.3 Å². The van der Waals surface area contributed by atoms with Crippen LogP contribution in [0.1, 0.15) is 56.6 Å². The number of carbonyl (C=O) groups excluding carboxylic acids is 1. The molecule has 0 spiro atoms. The molecule has 30 heavy (non-hydrogen) atoms. The van der Waals surface area contributed by atoms with Gasteiger partial charge in [0, 0.05) is 26.6 Å². The summed E-state index contributed by atoms with van der Waals surface area (Å²) in [6.07, 6.45) is 7.07. The van der Waals surface area contributed by atoms with Crippen molar-refractivity contribution in [2.75, 3.05) is 47.4 Å². The molecular formula is C23H38N4O3. The second kappa shape index (κ2) is 13.9. The monoisotopic (exact) mass is 418 g/mol. The third-order valence-electron chi connectivity index (χ3n) is 5.57. The minimum absolute atomic E-state index is 0.124. The summed E-state index contributed by atoms with van der Waals surface area (Å²) in [7, 11) is 4.96. The number of rotatable bonds is 12. The van der Waals surface area contributed by atoms with E-state index >= 15 is 0 Å². The molecule has 2 N–H and O–H groups in total. The number of methoxy groups -OCH3 is 2. The highest BCUT2D eigenvalue weighted by molar-refractivity contribution is 5.79. The average molecular weight is 419 g/mol. The van der Waals surface area contributed by atoms with Crippen molar-refractivity contribution in [3.63, 3.8) is 0 Å². The number of nitrogens with zero attached hydrogens (tertiary/aromatic N) is 2. The van der Waals surface area contributed by atoms with Gasteiger partial charge in [0.15, 0.2) is 5.96 Å². The Morgan fingerprint density at radius 1 is 1.13 bits per heavy atom. The molecule has 1 atom stereocenters. The number of ether oxygens (including phenoxy) is 2. The number of aliphatic imine (C=N–C) groups is 1. The van der Waals surface area contributed by atoms with Gasteiger partial charge < -0.3 is 20.1 Å². The molecule has 168 valence electrons. The maximum absolute atomic E-state index is 11.1. The van der Waals surface area contributed by atoms with Crippen LogP contribution in [0.15, 0.2) is 29.3 Å². The van der Waals surface area contributed by atoms with Crippen LogP contribution < -0.4 is 15.4 Å². The Hall–Kier alpha value is -2.28. The largest absolute Gasteiger partial charge is 0.497 e. The lowest BCUT2D eigenvalue weighted by atomic mass is 10.1. The molecular weight excluding hydrogens is 380 g/mol. The molecule has 1 unspecified atom stereocenters. The fourth-order valence-corrected chi connectivity index (χ4v) is 3.83. The molecule has 1 saturated heterocycles. The third-order valence-corrected chi connectivity index (χ3v) is 5.57. The lowest BCUT2D eigenvalue weighted by Gasteiger charge is -2.29. The zero-order valence-electron chi connectivity index (χ0n) is 18.8. The minimum atomic E-state index is -0.124. The standard InChI is InChI=1S/C23H38N4O3/c1-24-23(25-14-7-5-4-6-13-22(28)30-3)26-18-21(27-15-8-9-16-27)19-11-10-12-20(17-19)29-2/h10-12,17,21H,4-9,13-16,18H2,1-3H3,(H2,24,25,26). The van der Waals surface area contributed by atoms with E-state index < -0.39 is 0 Å².